The molecule has 0 amide bonds. The van der Waals surface area contributed by atoms with E-state index in [1.54, 1.807) is 0 Å². The third-order valence-electron chi connectivity index (χ3n) is 2.02. The molecule has 0 bridgehead atoms. The predicted octanol–water partition coefficient (Wildman–Crippen LogP) is 2.32. The highest BCUT2D eigenvalue weighted by Gasteiger charge is 1.97. The number of hydrogen-bond acceptors (Lipinski definition) is 2. The monoisotopic (exact) mass is 183 g/mol. The molecule has 2 nitrogen and oxygen atoms in total. The fourth-order valence-corrected chi connectivity index (χ4v) is 1.36. The van der Waals surface area contributed by atoms with Gasteiger partial charge in [-0.2, -0.15) is 0 Å². The topological polar surface area (TPSA) is 52.0 Å². The maximum Gasteiger partial charge on any atom is 0.0320 e. The standard InChI is InChI=1S/C12H11N2/c13-11-5-1-3-9(7-11)10-4-2-6-12(14)8-10/h1-3,5-8H,13-14H2. The molecular formula is C12H11N2. The van der Waals surface area contributed by atoms with Gasteiger partial charge in [0.2, 0.25) is 0 Å². The van der Waals surface area contributed by atoms with Crippen molar-refractivity contribution in [3.63, 3.8) is 0 Å². The van der Waals surface area contributed by atoms with Gasteiger partial charge in [-0.05, 0) is 41.5 Å². The Labute approximate surface area is 83.2 Å². The van der Waals surface area contributed by atoms with Crippen molar-refractivity contribution in [3.05, 3.63) is 48.5 Å². The zero-order valence-corrected chi connectivity index (χ0v) is 7.70. The van der Waals surface area contributed by atoms with E-state index < -0.39 is 0 Å². The minimum atomic E-state index is 0.737. The van der Waals surface area contributed by atoms with E-state index in [2.05, 4.69) is 6.07 Å². The van der Waals surface area contributed by atoms with Crippen molar-refractivity contribution in [1.82, 2.24) is 0 Å². The maximum atomic E-state index is 5.69. The van der Waals surface area contributed by atoms with Gasteiger partial charge in [0.1, 0.15) is 0 Å². The fourth-order valence-electron chi connectivity index (χ4n) is 1.36. The Hall–Kier alpha value is -1.96. The number of nitrogens with two attached hydrogens (primary N) is 2. The van der Waals surface area contributed by atoms with Gasteiger partial charge in [-0.3, -0.25) is 0 Å². The van der Waals surface area contributed by atoms with Crippen LogP contribution in [0.4, 0.5) is 11.4 Å². The van der Waals surface area contributed by atoms with Crippen LogP contribution in [0, 0.1) is 6.07 Å². The highest BCUT2D eigenvalue weighted by atomic mass is 14.5. The van der Waals surface area contributed by atoms with Gasteiger partial charge in [-0.1, -0.05) is 18.2 Å². The Balaban J connectivity index is 2.49. The van der Waals surface area contributed by atoms with Crippen LogP contribution < -0.4 is 11.5 Å². The smallest absolute Gasteiger partial charge is 0.0320 e. The Bertz CT molecular complexity index is 406. The Kier molecular flexibility index (Phi) is 2.11. The fraction of sp³-hybridized carbons (Fsp3) is 0. The maximum absolute atomic E-state index is 5.69. The van der Waals surface area contributed by atoms with Crippen LogP contribution in [0.3, 0.4) is 0 Å². The zero-order valence-electron chi connectivity index (χ0n) is 7.70. The molecule has 0 aliphatic heterocycles. The van der Waals surface area contributed by atoms with Crippen LogP contribution in [0.15, 0.2) is 42.5 Å². The molecule has 2 aromatic carbocycles. The van der Waals surface area contributed by atoms with Gasteiger partial charge in [-0.25, -0.2) is 0 Å². The summed E-state index contributed by atoms with van der Waals surface area (Å²) in [4.78, 5) is 0. The summed E-state index contributed by atoms with van der Waals surface area (Å²) in [6, 6.07) is 16.3. The van der Waals surface area contributed by atoms with Crippen LogP contribution in [-0.2, 0) is 0 Å². The highest BCUT2D eigenvalue weighted by Crippen LogP contribution is 2.22. The van der Waals surface area contributed by atoms with Crippen molar-refractivity contribution in [2.45, 2.75) is 0 Å². The van der Waals surface area contributed by atoms with Gasteiger partial charge in [-0.15, -0.1) is 0 Å². The van der Waals surface area contributed by atoms with Gasteiger partial charge in [0.25, 0.3) is 0 Å². The highest BCUT2D eigenvalue weighted by molar-refractivity contribution is 5.69. The molecule has 0 saturated carbocycles. The van der Waals surface area contributed by atoms with Crippen LogP contribution in [0.5, 0.6) is 0 Å². The van der Waals surface area contributed by atoms with E-state index in [0.29, 0.717) is 0 Å². The third kappa shape index (κ3) is 1.69. The van der Waals surface area contributed by atoms with Crippen LogP contribution in [0.2, 0.25) is 0 Å². The SMILES string of the molecule is Nc1cc[c]c(-c2cccc(N)c2)c1. The minimum Gasteiger partial charge on any atom is -0.399 e. The lowest BCUT2D eigenvalue weighted by atomic mass is 10.0. The molecule has 0 atom stereocenters. The second kappa shape index (κ2) is 3.42. The number of nitrogen functional groups attached to an aromatic ring is 2. The summed E-state index contributed by atoms with van der Waals surface area (Å²) in [5, 5.41) is 0. The van der Waals surface area contributed by atoms with E-state index >= 15 is 0 Å². The number of hydrogen-bond donors (Lipinski definition) is 2. The van der Waals surface area contributed by atoms with Crippen molar-refractivity contribution in [1.29, 1.82) is 0 Å². The van der Waals surface area contributed by atoms with Gasteiger partial charge in [0.15, 0.2) is 0 Å². The molecule has 2 rings (SSSR count). The van der Waals surface area contributed by atoms with Crippen molar-refractivity contribution in [3.8, 4) is 11.1 Å². The average Bonchev–Trinajstić information content (AvgIpc) is 2.18. The van der Waals surface area contributed by atoms with Crippen molar-refractivity contribution >= 4 is 11.4 Å². The van der Waals surface area contributed by atoms with Gasteiger partial charge in [0, 0.05) is 11.4 Å². The summed E-state index contributed by atoms with van der Waals surface area (Å²) in [7, 11) is 0. The second-order valence-corrected chi connectivity index (χ2v) is 3.16. The van der Waals surface area contributed by atoms with E-state index in [0.717, 1.165) is 22.5 Å². The number of rotatable bonds is 1. The van der Waals surface area contributed by atoms with Crippen molar-refractivity contribution in [2.75, 3.05) is 11.5 Å². The summed E-state index contributed by atoms with van der Waals surface area (Å²) < 4.78 is 0. The summed E-state index contributed by atoms with van der Waals surface area (Å²) >= 11 is 0. The summed E-state index contributed by atoms with van der Waals surface area (Å²) in [6.07, 6.45) is 0. The van der Waals surface area contributed by atoms with E-state index in [1.807, 2.05) is 42.5 Å². The summed E-state index contributed by atoms with van der Waals surface area (Å²) in [5.74, 6) is 0. The largest absolute Gasteiger partial charge is 0.399 e. The average molecular weight is 183 g/mol. The molecule has 1 radical (unpaired) electrons. The molecule has 0 aromatic heterocycles. The van der Waals surface area contributed by atoms with Crippen LogP contribution in [0.25, 0.3) is 11.1 Å². The molecule has 0 aliphatic carbocycles. The van der Waals surface area contributed by atoms with Crippen molar-refractivity contribution in [2.24, 2.45) is 0 Å². The molecular weight excluding hydrogens is 172 g/mol. The molecule has 2 heteroatoms. The molecule has 0 aliphatic rings. The predicted molar refractivity (Wildman–Crippen MR) is 59.5 cm³/mol. The molecule has 69 valence electrons. The Morgan fingerprint density at radius 3 is 2.43 bits per heavy atom. The Morgan fingerprint density at radius 1 is 0.929 bits per heavy atom. The number of anilines is 2. The quantitative estimate of drug-likeness (QED) is 0.666. The van der Waals surface area contributed by atoms with Crippen molar-refractivity contribution < 1.29 is 0 Å². The van der Waals surface area contributed by atoms with E-state index in [-0.39, 0.29) is 0 Å². The molecule has 14 heavy (non-hydrogen) atoms. The lowest BCUT2D eigenvalue weighted by molar-refractivity contribution is 1.60. The van der Waals surface area contributed by atoms with E-state index in [4.69, 9.17) is 11.5 Å². The van der Waals surface area contributed by atoms with Crippen LogP contribution >= 0.6 is 0 Å². The molecule has 0 spiro atoms. The zero-order chi connectivity index (χ0) is 9.97. The van der Waals surface area contributed by atoms with Crippen LogP contribution in [0.1, 0.15) is 0 Å². The molecule has 2 aromatic rings. The third-order valence-corrected chi connectivity index (χ3v) is 2.02. The minimum absolute atomic E-state index is 0.737. The first-order valence-corrected chi connectivity index (χ1v) is 4.39. The van der Waals surface area contributed by atoms with Gasteiger partial charge in [0.05, 0.1) is 0 Å². The van der Waals surface area contributed by atoms with E-state index in [1.165, 1.54) is 0 Å². The first kappa shape index (κ1) is 8.63. The summed E-state index contributed by atoms with van der Waals surface area (Å²) in [6.45, 7) is 0. The molecule has 0 unspecified atom stereocenters. The molecule has 0 fully saturated rings. The van der Waals surface area contributed by atoms with Gasteiger partial charge < -0.3 is 11.5 Å². The molecule has 0 heterocycles. The molecule has 4 N–H and O–H groups in total. The lowest BCUT2D eigenvalue weighted by Gasteiger charge is -2.02. The lowest BCUT2D eigenvalue weighted by Crippen LogP contribution is -1.87. The Morgan fingerprint density at radius 2 is 1.71 bits per heavy atom. The first-order chi connectivity index (χ1) is 6.75. The first-order valence-electron chi connectivity index (χ1n) is 4.39. The number of benzene rings is 2. The normalized spacial score (nSPS) is 10.0. The van der Waals surface area contributed by atoms with Crippen LogP contribution in [-0.4, -0.2) is 0 Å². The second-order valence-electron chi connectivity index (χ2n) is 3.16. The molecule has 0 saturated heterocycles. The van der Waals surface area contributed by atoms with Gasteiger partial charge >= 0.3 is 0 Å². The van der Waals surface area contributed by atoms with E-state index in [9.17, 15) is 0 Å². The summed E-state index contributed by atoms with van der Waals surface area (Å²) in [5.41, 5.74) is 14.9.